The summed E-state index contributed by atoms with van der Waals surface area (Å²) in [6.45, 7) is 0. The summed E-state index contributed by atoms with van der Waals surface area (Å²) >= 11 is 1.67. The topological polar surface area (TPSA) is 25.8 Å². The van der Waals surface area contributed by atoms with Gasteiger partial charge in [-0.2, -0.15) is 0 Å². The van der Waals surface area contributed by atoms with E-state index in [0.29, 0.717) is 0 Å². The van der Waals surface area contributed by atoms with Crippen LogP contribution in [0.4, 0.5) is 4.39 Å². The maximum Gasteiger partial charge on any atom is 0.123 e. The van der Waals surface area contributed by atoms with Crippen molar-refractivity contribution in [2.24, 2.45) is 0 Å². The SMILES string of the molecule is Fc1ccc(-c2sc3cnccc3c2-c2ccncc2)cc1. The molecule has 0 aliphatic heterocycles. The predicted octanol–water partition coefficient (Wildman–Crippen LogP) is 5.16. The molecule has 0 radical (unpaired) electrons. The first kappa shape index (κ1) is 13.1. The van der Waals surface area contributed by atoms with Gasteiger partial charge in [-0.3, -0.25) is 9.97 Å². The number of benzene rings is 1. The first-order chi connectivity index (χ1) is 10.8. The second-order valence-electron chi connectivity index (χ2n) is 4.92. The lowest BCUT2D eigenvalue weighted by molar-refractivity contribution is 0.628. The fraction of sp³-hybridized carbons (Fsp3) is 0. The van der Waals surface area contributed by atoms with Crippen molar-refractivity contribution < 1.29 is 4.39 Å². The summed E-state index contributed by atoms with van der Waals surface area (Å²) in [5, 5.41) is 1.16. The molecule has 0 aliphatic rings. The average Bonchev–Trinajstić information content (AvgIpc) is 2.96. The molecular weight excluding hydrogens is 295 g/mol. The van der Waals surface area contributed by atoms with Gasteiger partial charge in [-0.15, -0.1) is 11.3 Å². The van der Waals surface area contributed by atoms with Crippen molar-refractivity contribution in [1.82, 2.24) is 9.97 Å². The van der Waals surface area contributed by atoms with Crippen LogP contribution in [0, 0.1) is 5.82 Å². The van der Waals surface area contributed by atoms with Gasteiger partial charge in [-0.05, 0) is 41.5 Å². The number of nitrogens with zero attached hydrogens (tertiary/aromatic N) is 2. The van der Waals surface area contributed by atoms with Crippen molar-refractivity contribution in [2.45, 2.75) is 0 Å². The number of rotatable bonds is 2. The molecule has 0 unspecified atom stereocenters. The van der Waals surface area contributed by atoms with Gasteiger partial charge in [0.15, 0.2) is 0 Å². The molecule has 4 rings (SSSR count). The highest BCUT2D eigenvalue weighted by molar-refractivity contribution is 7.23. The zero-order valence-corrected chi connectivity index (χ0v) is 12.3. The third-order valence-electron chi connectivity index (χ3n) is 3.57. The standard InChI is InChI=1S/C18H11FN2S/c19-14-3-1-13(2-4-14)18-17(12-5-8-20-9-6-12)15-7-10-21-11-16(15)22-18/h1-11H. The quantitative estimate of drug-likeness (QED) is 0.511. The van der Waals surface area contributed by atoms with Crippen molar-refractivity contribution in [1.29, 1.82) is 0 Å². The van der Waals surface area contributed by atoms with Gasteiger partial charge in [0.1, 0.15) is 5.82 Å². The molecule has 0 aliphatic carbocycles. The summed E-state index contributed by atoms with van der Waals surface area (Å²) in [6.07, 6.45) is 7.24. The van der Waals surface area contributed by atoms with Crippen molar-refractivity contribution in [3.05, 3.63) is 73.1 Å². The average molecular weight is 306 g/mol. The minimum absolute atomic E-state index is 0.225. The van der Waals surface area contributed by atoms with Gasteiger partial charge >= 0.3 is 0 Å². The number of pyridine rings is 2. The minimum atomic E-state index is -0.225. The van der Waals surface area contributed by atoms with E-state index >= 15 is 0 Å². The summed E-state index contributed by atoms with van der Waals surface area (Å²) < 4.78 is 14.3. The normalized spacial score (nSPS) is 11.0. The Morgan fingerprint density at radius 1 is 0.773 bits per heavy atom. The van der Waals surface area contributed by atoms with Crippen LogP contribution in [0.1, 0.15) is 0 Å². The molecule has 4 aromatic rings. The first-order valence-corrected chi connectivity index (χ1v) is 7.67. The Morgan fingerprint density at radius 3 is 2.27 bits per heavy atom. The second-order valence-corrected chi connectivity index (χ2v) is 5.97. The third kappa shape index (κ3) is 2.18. The van der Waals surface area contributed by atoms with Crippen molar-refractivity contribution in [3.63, 3.8) is 0 Å². The molecule has 0 bridgehead atoms. The fourth-order valence-corrected chi connectivity index (χ4v) is 3.76. The van der Waals surface area contributed by atoms with Gasteiger partial charge in [0.05, 0.1) is 4.70 Å². The van der Waals surface area contributed by atoms with Crippen LogP contribution in [0.2, 0.25) is 0 Å². The summed E-state index contributed by atoms with van der Waals surface area (Å²) in [6, 6.07) is 12.6. The highest BCUT2D eigenvalue weighted by Crippen LogP contribution is 2.44. The van der Waals surface area contributed by atoms with Crippen LogP contribution in [-0.4, -0.2) is 9.97 Å². The molecule has 0 saturated heterocycles. The predicted molar refractivity (Wildman–Crippen MR) is 88.2 cm³/mol. The zero-order chi connectivity index (χ0) is 14.9. The lowest BCUT2D eigenvalue weighted by Crippen LogP contribution is -1.82. The van der Waals surface area contributed by atoms with Crippen LogP contribution in [0.3, 0.4) is 0 Å². The van der Waals surface area contributed by atoms with E-state index in [9.17, 15) is 4.39 Å². The van der Waals surface area contributed by atoms with Gasteiger partial charge in [-0.25, -0.2) is 4.39 Å². The summed E-state index contributed by atoms with van der Waals surface area (Å²) in [5.41, 5.74) is 3.26. The Kier molecular flexibility index (Phi) is 3.16. The molecule has 106 valence electrons. The Bertz CT molecular complexity index is 930. The van der Waals surface area contributed by atoms with Crippen LogP contribution < -0.4 is 0 Å². The molecule has 1 aromatic carbocycles. The molecule has 2 nitrogen and oxygen atoms in total. The van der Waals surface area contributed by atoms with Crippen LogP contribution in [0.5, 0.6) is 0 Å². The minimum Gasteiger partial charge on any atom is -0.265 e. The van der Waals surface area contributed by atoms with E-state index in [-0.39, 0.29) is 5.82 Å². The molecule has 0 N–H and O–H groups in total. The Labute approximate surface area is 130 Å². The van der Waals surface area contributed by atoms with Gasteiger partial charge in [0, 0.05) is 40.6 Å². The molecule has 3 heterocycles. The van der Waals surface area contributed by atoms with Crippen molar-refractivity contribution in [2.75, 3.05) is 0 Å². The molecule has 0 spiro atoms. The van der Waals surface area contributed by atoms with E-state index in [2.05, 4.69) is 9.97 Å². The van der Waals surface area contributed by atoms with Crippen molar-refractivity contribution in [3.8, 4) is 21.6 Å². The maximum atomic E-state index is 13.2. The number of halogens is 1. The molecule has 0 fully saturated rings. The largest absolute Gasteiger partial charge is 0.265 e. The molecular formula is C18H11FN2S. The van der Waals surface area contributed by atoms with Gasteiger partial charge < -0.3 is 0 Å². The summed E-state index contributed by atoms with van der Waals surface area (Å²) in [7, 11) is 0. The lowest BCUT2D eigenvalue weighted by atomic mass is 10.0. The van der Waals surface area contributed by atoms with Crippen LogP contribution >= 0.6 is 11.3 Å². The highest BCUT2D eigenvalue weighted by Gasteiger charge is 2.15. The fourth-order valence-electron chi connectivity index (χ4n) is 2.56. The van der Waals surface area contributed by atoms with Gasteiger partial charge in [0.2, 0.25) is 0 Å². The zero-order valence-electron chi connectivity index (χ0n) is 11.5. The number of hydrogen-bond donors (Lipinski definition) is 0. The molecule has 0 saturated carbocycles. The van der Waals surface area contributed by atoms with Crippen molar-refractivity contribution >= 4 is 21.4 Å². The van der Waals surface area contributed by atoms with E-state index in [1.807, 2.05) is 36.5 Å². The number of hydrogen-bond acceptors (Lipinski definition) is 3. The van der Waals surface area contributed by atoms with E-state index in [4.69, 9.17) is 0 Å². The Morgan fingerprint density at radius 2 is 1.50 bits per heavy atom. The van der Waals surface area contributed by atoms with Crippen LogP contribution in [0.15, 0.2) is 67.3 Å². The maximum absolute atomic E-state index is 13.2. The second kappa shape index (κ2) is 5.31. The molecule has 3 aromatic heterocycles. The van der Waals surface area contributed by atoms with Crippen LogP contribution in [-0.2, 0) is 0 Å². The monoisotopic (exact) mass is 306 g/mol. The first-order valence-electron chi connectivity index (χ1n) is 6.86. The number of aromatic nitrogens is 2. The Balaban J connectivity index is 2.04. The number of thiophene rings is 1. The summed E-state index contributed by atoms with van der Waals surface area (Å²) in [4.78, 5) is 9.42. The molecule has 4 heteroatoms. The highest BCUT2D eigenvalue weighted by atomic mass is 32.1. The lowest BCUT2D eigenvalue weighted by Gasteiger charge is -2.05. The van der Waals surface area contributed by atoms with Crippen LogP contribution in [0.25, 0.3) is 31.7 Å². The van der Waals surface area contributed by atoms with E-state index < -0.39 is 0 Å². The third-order valence-corrected chi connectivity index (χ3v) is 4.76. The smallest absolute Gasteiger partial charge is 0.123 e. The van der Waals surface area contributed by atoms with Gasteiger partial charge in [0.25, 0.3) is 0 Å². The Hall–Kier alpha value is -2.59. The molecule has 0 atom stereocenters. The van der Waals surface area contributed by atoms with E-state index in [1.165, 1.54) is 12.1 Å². The summed E-state index contributed by atoms with van der Waals surface area (Å²) in [5.74, 6) is -0.225. The van der Waals surface area contributed by atoms with Gasteiger partial charge in [-0.1, -0.05) is 12.1 Å². The van der Waals surface area contributed by atoms with E-state index in [0.717, 1.165) is 31.7 Å². The molecule has 22 heavy (non-hydrogen) atoms. The molecule has 0 amide bonds. The number of fused-ring (bicyclic) bond motifs is 1. The van der Waals surface area contributed by atoms with E-state index in [1.54, 1.807) is 29.9 Å².